The van der Waals surface area contributed by atoms with Crippen LogP contribution in [0.3, 0.4) is 0 Å². The number of benzene rings is 2. The van der Waals surface area contributed by atoms with Gasteiger partial charge in [-0.3, -0.25) is 4.79 Å². The number of carbonyl (C=O) groups is 2. The monoisotopic (exact) mass is 579 g/mol. The first kappa shape index (κ1) is 27.0. The topological polar surface area (TPSA) is 79.3 Å². The number of anilines is 2. The molecule has 3 amide bonds. The van der Waals surface area contributed by atoms with Crippen molar-refractivity contribution in [2.75, 3.05) is 23.7 Å². The second-order valence-corrected chi connectivity index (χ2v) is 10.7. The Morgan fingerprint density at radius 3 is 2.40 bits per heavy atom. The predicted molar refractivity (Wildman–Crippen MR) is 146 cm³/mol. The van der Waals surface area contributed by atoms with Crippen LogP contribution in [0.5, 0.6) is 0 Å². The fraction of sp³-hybridized carbons (Fsp3) is 0.320. The van der Waals surface area contributed by atoms with Crippen LogP contribution in [-0.4, -0.2) is 39.7 Å². The fourth-order valence-corrected chi connectivity index (χ4v) is 3.96. The Morgan fingerprint density at radius 2 is 1.77 bits per heavy atom. The molecule has 0 saturated heterocycles. The van der Waals surface area contributed by atoms with Gasteiger partial charge in [-0.15, -0.1) is 0 Å². The van der Waals surface area contributed by atoms with E-state index in [0.29, 0.717) is 40.2 Å². The van der Waals surface area contributed by atoms with E-state index >= 15 is 0 Å². The number of hydrogen-bond donors (Lipinski definition) is 2. The number of carbonyl (C=O) groups excluding carboxylic acids is 2. The van der Waals surface area contributed by atoms with E-state index in [0.717, 1.165) is 10.2 Å². The maximum atomic E-state index is 13.1. The second-order valence-electron chi connectivity index (χ2n) is 9.05. The fourth-order valence-electron chi connectivity index (χ4n) is 3.29. The van der Waals surface area contributed by atoms with Gasteiger partial charge in [0.05, 0.1) is 27.1 Å². The van der Waals surface area contributed by atoms with E-state index in [4.69, 9.17) is 28.3 Å². The van der Waals surface area contributed by atoms with Crippen LogP contribution >= 0.6 is 39.1 Å². The minimum absolute atomic E-state index is 0.123. The number of nitrogens with zero attached hydrogens (tertiary/aromatic N) is 3. The first-order chi connectivity index (χ1) is 16.5. The standard InChI is InChI=1S/C25H28BrCl2N5O2/c1-5-12-32(24(35)29-20-9-7-6-8-17(20)26)15-23(34)30-22-14-21(25(2,3)4)31-33(22)16-10-11-18(27)19(28)13-16/h6-11,13-14H,5,12,15H2,1-4H3,(H,29,35)(H,30,34). The van der Waals surface area contributed by atoms with Crippen molar-refractivity contribution >= 4 is 62.6 Å². The van der Waals surface area contributed by atoms with Crippen molar-refractivity contribution in [2.45, 2.75) is 39.5 Å². The van der Waals surface area contributed by atoms with Gasteiger partial charge in [-0.2, -0.15) is 5.10 Å². The molecule has 0 aliphatic rings. The average molecular weight is 581 g/mol. The maximum absolute atomic E-state index is 13.1. The van der Waals surface area contributed by atoms with E-state index in [2.05, 4.69) is 26.6 Å². The molecule has 2 aromatic carbocycles. The normalized spacial score (nSPS) is 11.3. The summed E-state index contributed by atoms with van der Waals surface area (Å²) < 4.78 is 2.38. The van der Waals surface area contributed by atoms with Gasteiger partial charge in [0.15, 0.2) is 0 Å². The summed E-state index contributed by atoms with van der Waals surface area (Å²) >= 11 is 15.7. The Bertz CT molecular complexity index is 1220. The van der Waals surface area contributed by atoms with E-state index in [1.165, 1.54) is 4.90 Å². The van der Waals surface area contributed by atoms with E-state index in [1.54, 1.807) is 28.9 Å². The molecule has 10 heteroatoms. The van der Waals surface area contributed by atoms with Gasteiger partial charge in [-0.25, -0.2) is 9.48 Å². The summed E-state index contributed by atoms with van der Waals surface area (Å²) in [5, 5.41) is 11.3. The molecule has 0 fully saturated rings. The molecule has 7 nitrogen and oxygen atoms in total. The lowest BCUT2D eigenvalue weighted by molar-refractivity contribution is -0.116. The smallest absolute Gasteiger partial charge is 0.315 e. The Hall–Kier alpha value is -2.55. The number of amides is 3. The molecule has 0 bridgehead atoms. The van der Waals surface area contributed by atoms with Crippen LogP contribution in [0, 0.1) is 0 Å². The van der Waals surface area contributed by atoms with Gasteiger partial charge in [0, 0.05) is 22.5 Å². The quantitative estimate of drug-likeness (QED) is 0.312. The van der Waals surface area contributed by atoms with Crippen LogP contribution in [0.1, 0.15) is 39.8 Å². The van der Waals surface area contributed by atoms with E-state index < -0.39 is 0 Å². The minimum atomic E-state index is -0.359. The summed E-state index contributed by atoms with van der Waals surface area (Å²) in [5.41, 5.74) is 1.82. The highest BCUT2D eigenvalue weighted by atomic mass is 79.9. The van der Waals surface area contributed by atoms with Gasteiger partial charge in [-0.1, -0.05) is 63.0 Å². The van der Waals surface area contributed by atoms with Crippen molar-refractivity contribution in [3.63, 3.8) is 0 Å². The molecule has 1 heterocycles. The number of halogens is 3. The third-order valence-electron chi connectivity index (χ3n) is 5.12. The summed E-state index contributed by atoms with van der Waals surface area (Å²) in [7, 11) is 0. The molecule has 3 rings (SSSR count). The Kier molecular flexibility index (Phi) is 8.85. The highest BCUT2D eigenvalue weighted by Crippen LogP contribution is 2.29. The van der Waals surface area contributed by atoms with Gasteiger partial charge in [0.25, 0.3) is 0 Å². The third kappa shape index (κ3) is 6.99. The van der Waals surface area contributed by atoms with Crippen LogP contribution in [-0.2, 0) is 10.2 Å². The van der Waals surface area contributed by atoms with Crippen molar-refractivity contribution in [3.8, 4) is 5.69 Å². The summed E-state index contributed by atoms with van der Waals surface area (Å²) in [6, 6.07) is 13.9. The van der Waals surface area contributed by atoms with Crippen LogP contribution in [0.2, 0.25) is 10.0 Å². The number of aromatic nitrogens is 2. The largest absolute Gasteiger partial charge is 0.322 e. The second kappa shape index (κ2) is 11.5. The van der Waals surface area contributed by atoms with E-state index in [9.17, 15) is 9.59 Å². The van der Waals surface area contributed by atoms with Crippen LogP contribution in [0.25, 0.3) is 5.69 Å². The number of rotatable bonds is 7. The lowest BCUT2D eigenvalue weighted by atomic mass is 9.92. The van der Waals surface area contributed by atoms with Crippen LogP contribution < -0.4 is 10.6 Å². The molecule has 0 saturated carbocycles. The first-order valence-corrected chi connectivity index (χ1v) is 12.7. The predicted octanol–water partition coefficient (Wildman–Crippen LogP) is 7.12. The van der Waals surface area contributed by atoms with Crippen LogP contribution in [0.4, 0.5) is 16.3 Å². The van der Waals surface area contributed by atoms with Crippen molar-refractivity contribution in [3.05, 3.63) is 68.7 Å². The molecule has 0 atom stereocenters. The highest BCUT2D eigenvalue weighted by molar-refractivity contribution is 9.10. The Balaban J connectivity index is 1.83. The number of hydrogen-bond acceptors (Lipinski definition) is 3. The highest BCUT2D eigenvalue weighted by Gasteiger charge is 2.23. The first-order valence-electron chi connectivity index (χ1n) is 11.2. The van der Waals surface area contributed by atoms with Crippen LogP contribution in [0.15, 0.2) is 53.0 Å². The van der Waals surface area contributed by atoms with Crippen molar-refractivity contribution < 1.29 is 9.59 Å². The Labute approximate surface area is 223 Å². The molecular formula is C25H28BrCl2N5O2. The zero-order chi connectivity index (χ0) is 25.8. The van der Waals surface area contributed by atoms with Gasteiger partial charge < -0.3 is 15.5 Å². The van der Waals surface area contributed by atoms with Gasteiger partial charge in [-0.05, 0) is 52.7 Å². The van der Waals surface area contributed by atoms with E-state index in [-0.39, 0.29) is 23.9 Å². The molecular weight excluding hydrogens is 553 g/mol. The molecule has 3 aromatic rings. The maximum Gasteiger partial charge on any atom is 0.322 e. The zero-order valence-corrected chi connectivity index (χ0v) is 23.1. The lowest BCUT2D eigenvalue weighted by Gasteiger charge is -2.22. The molecule has 0 radical (unpaired) electrons. The summed E-state index contributed by atoms with van der Waals surface area (Å²) in [5.74, 6) is 0.128. The molecule has 0 aliphatic heterocycles. The third-order valence-corrected chi connectivity index (χ3v) is 6.55. The van der Waals surface area contributed by atoms with Gasteiger partial charge in [0.2, 0.25) is 5.91 Å². The number of urea groups is 1. The van der Waals surface area contributed by atoms with Crippen molar-refractivity contribution in [2.24, 2.45) is 0 Å². The van der Waals surface area contributed by atoms with Gasteiger partial charge in [0.1, 0.15) is 12.4 Å². The molecule has 1 aromatic heterocycles. The van der Waals surface area contributed by atoms with Gasteiger partial charge >= 0.3 is 6.03 Å². The summed E-state index contributed by atoms with van der Waals surface area (Å²) in [6.07, 6.45) is 0.700. The number of para-hydroxylation sites is 1. The molecule has 0 spiro atoms. The summed E-state index contributed by atoms with van der Waals surface area (Å²) in [6.45, 7) is 8.36. The molecule has 186 valence electrons. The molecule has 0 unspecified atom stereocenters. The molecule has 0 aliphatic carbocycles. The zero-order valence-electron chi connectivity index (χ0n) is 20.0. The lowest BCUT2D eigenvalue weighted by Crippen LogP contribution is -2.41. The Morgan fingerprint density at radius 1 is 1.06 bits per heavy atom. The van der Waals surface area contributed by atoms with Crippen molar-refractivity contribution in [1.29, 1.82) is 0 Å². The SMILES string of the molecule is CCCN(CC(=O)Nc1cc(C(C)(C)C)nn1-c1ccc(Cl)c(Cl)c1)C(=O)Nc1ccccc1Br. The average Bonchev–Trinajstić information content (AvgIpc) is 3.21. The van der Waals surface area contributed by atoms with Crippen molar-refractivity contribution in [1.82, 2.24) is 14.7 Å². The minimum Gasteiger partial charge on any atom is -0.315 e. The number of nitrogens with one attached hydrogen (secondary N) is 2. The van der Waals surface area contributed by atoms with E-state index in [1.807, 2.05) is 52.0 Å². The molecule has 35 heavy (non-hydrogen) atoms. The summed E-state index contributed by atoms with van der Waals surface area (Å²) in [4.78, 5) is 27.4. The molecule has 2 N–H and O–H groups in total.